The zero-order valence-corrected chi connectivity index (χ0v) is 10.1. The molecule has 1 aromatic rings. The summed E-state index contributed by atoms with van der Waals surface area (Å²) in [6, 6.07) is 4.21. The molecular weight excluding hydrogens is 198 g/mol. The number of hydrogen-bond donors (Lipinski definition) is 1. The van der Waals surface area contributed by atoms with Gasteiger partial charge in [0, 0.05) is 24.2 Å². The largest absolute Gasteiger partial charge is 0.384 e. The van der Waals surface area contributed by atoms with E-state index < -0.39 is 0 Å². The fourth-order valence-electron chi connectivity index (χ4n) is 2.21. The van der Waals surface area contributed by atoms with Crippen LogP contribution in [0.2, 0.25) is 0 Å². The molecule has 0 radical (unpaired) electrons. The summed E-state index contributed by atoms with van der Waals surface area (Å²) in [6.07, 6.45) is 4.11. The van der Waals surface area contributed by atoms with Crippen molar-refractivity contribution in [3.63, 3.8) is 0 Å². The first kappa shape index (κ1) is 11.2. The highest BCUT2D eigenvalue weighted by molar-refractivity contribution is 6.03. The van der Waals surface area contributed by atoms with Crippen LogP contribution in [0.3, 0.4) is 0 Å². The van der Waals surface area contributed by atoms with Gasteiger partial charge in [0.05, 0.1) is 0 Å². The maximum Gasteiger partial charge on any atom is 0.166 e. The number of anilines is 1. The summed E-state index contributed by atoms with van der Waals surface area (Å²) in [5.41, 5.74) is 4.55. The van der Waals surface area contributed by atoms with Gasteiger partial charge in [-0.3, -0.25) is 4.79 Å². The topological polar surface area (TPSA) is 29.1 Å². The van der Waals surface area contributed by atoms with Crippen LogP contribution in [0.1, 0.15) is 47.7 Å². The lowest BCUT2D eigenvalue weighted by molar-refractivity contribution is 0.0983. The summed E-state index contributed by atoms with van der Waals surface area (Å²) >= 11 is 0. The van der Waals surface area contributed by atoms with Crippen LogP contribution in [0.15, 0.2) is 12.1 Å². The van der Waals surface area contributed by atoms with E-state index in [4.69, 9.17) is 0 Å². The summed E-state index contributed by atoms with van der Waals surface area (Å²) in [5, 5.41) is 3.30. The van der Waals surface area contributed by atoms with Gasteiger partial charge in [0.2, 0.25) is 0 Å². The second kappa shape index (κ2) is 4.69. The van der Waals surface area contributed by atoms with Crippen molar-refractivity contribution in [3.05, 3.63) is 28.8 Å². The van der Waals surface area contributed by atoms with Crippen LogP contribution in [0.25, 0.3) is 0 Å². The van der Waals surface area contributed by atoms with Gasteiger partial charge in [-0.05, 0) is 43.0 Å². The van der Waals surface area contributed by atoms with Gasteiger partial charge >= 0.3 is 0 Å². The molecule has 16 heavy (non-hydrogen) atoms. The van der Waals surface area contributed by atoms with E-state index >= 15 is 0 Å². The molecule has 2 heteroatoms. The zero-order chi connectivity index (χ0) is 11.5. The molecule has 1 aromatic carbocycles. The highest BCUT2D eigenvalue weighted by Gasteiger charge is 2.17. The van der Waals surface area contributed by atoms with Crippen molar-refractivity contribution in [2.45, 2.75) is 39.5 Å². The van der Waals surface area contributed by atoms with Crippen LogP contribution in [0.5, 0.6) is 0 Å². The third-order valence-corrected chi connectivity index (χ3v) is 3.24. The highest BCUT2D eigenvalue weighted by atomic mass is 16.1. The lowest BCUT2D eigenvalue weighted by Crippen LogP contribution is -2.18. The van der Waals surface area contributed by atoms with Crippen molar-refractivity contribution in [2.75, 3.05) is 11.9 Å². The number of unbranched alkanes of at least 4 members (excludes halogenated alkanes) is 1. The molecule has 2 nitrogen and oxygen atoms in total. The quantitative estimate of drug-likeness (QED) is 0.841. The monoisotopic (exact) mass is 217 g/mol. The van der Waals surface area contributed by atoms with Crippen molar-refractivity contribution in [2.24, 2.45) is 0 Å². The molecule has 1 aliphatic heterocycles. The molecule has 1 heterocycles. The minimum absolute atomic E-state index is 0.284. The van der Waals surface area contributed by atoms with Crippen molar-refractivity contribution >= 4 is 11.5 Å². The van der Waals surface area contributed by atoms with Crippen molar-refractivity contribution < 1.29 is 4.79 Å². The predicted molar refractivity (Wildman–Crippen MR) is 67.2 cm³/mol. The second-order valence-electron chi connectivity index (χ2n) is 4.53. The van der Waals surface area contributed by atoms with Gasteiger partial charge in [-0.2, -0.15) is 0 Å². The predicted octanol–water partition coefficient (Wildman–Crippen LogP) is 3.34. The Hall–Kier alpha value is -1.31. The van der Waals surface area contributed by atoms with E-state index in [1.54, 1.807) is 0 Å². The van der Waals surface area contributed by atoms with Crippen LogP contribution in [-0.2, 0) is 6.42 Å². The summed E-state index contributed by atoms with van der Waals surface area (Å²) in [5.74, 6) is 0.284. The number of aryl methyl sites for hydroxylation is 2. The Morgan fingerprint density at radius 1 is 1.38 bits per heavy atom. The van der Waals surface area contributed by atoms with Gasteiger partial charge in [-0.15, -0.1) is 0 Å². The van der Waals surface area contributed by atoms with Gasteiger partial charge < -0.3 is 5.32 Å². The van der Waals surface area contributed by atoms with E-state index in [0.717, 1.165) is 24.2 Å². The van der Waals surface area contributed by atoms with Gasteiger partial charge in [-0.25, -0.2) is 0 Å². The Labute approximate surface area is 97.1 Å². The molecule has 0 saturated heterocycles. The lowest BCUT2D eigenvalue weighted by Gasteiger charge is -2.19. The third kappa shape index (κ3) is 2.11. The Kier molecular flexibility index (Phi) is 3.28. The number of carbonyl (C=O) groups excluding carboxylic acids is 1. The smallest absolute Gasteiger partial charge is 0.166 e. The molecule has 1 N–H and O–H groups in total. The number of nitrogens with one attached hydrogen (secondary N) is 1. The van der Waals surface area contributed by atoms with Gasteiger partial charge in [0.1, 0.15) is 0 Å². The highest BCUT2D eigenvalue weighted by Crippen LogP contribution is 2.26. The molecule has 0 spiro atoms. The summed E-state index contributed by atoms with van der Waals surface area (Å²) < 4.78 is 0. The Balaban J connectivity index is 2.34. The number of ketones is 1. The molecule has 0 atom stereocenters. The normalized spacial score (nSPS) is 14.5. The minimum Gasteiger partial charge on any atom is -0.384 e. The first-order valence-electron chi connectivity index (χ1n) is 6.13. The first-order valence-corrected chi connectivity index (χ1v) is 6.13. The molecule has 0 amide bonds. The van der Waals surface area contributed by atoms with E-state index in [1.165, 1.54) is 24.0 Å². The summed E-state index contributed by atoms with van der Waals surface area (Å²) in [6.45, 7) is 5.10. The van der Waals surface area contributed by atoms with Gasteiger partial charge in [-0.1, -0.05) is 13.3 Å². The van der Waals surface area contributed by atoms with Crippen molar-refractivity contribution in [3.8, 4) is 0 Å². The Morgan fingerprint density at radius 2 is 2.19 bits per heavy atom. The molecular formula is C14H19NO. The Bertz CT molecular complexity index is 409. The fraction of sp³-hybridized carbons (Fsp3) is 0.500. The van der Waals surface area contributed by atoms with E-state index in [9.17, 15) is 4.79 Å². The van der Waals surface area contributed by atoms with Crippen LogP contribution in [-0.4, -0.2) is 12.3 Å². The van der Waals surface area contributed by atoms with Crippen LogP contribution in [0.4, 0.5) is 5.69 Å². The van der Waals surface area contributed by atoms with Crippen LogP contribution < -0.4 is 5.32 Å². The third-order valence-electron chi connectivity index (χ3n) is 3.24. The van der Waals surface area contributed by atoms with Crippen molar-refractivity contribution in [1.29, 1.82) is 0 Å². The number of benzene rings is 1. The average molecular weight is 217 g/mol. The fourth-order valence-corrected chi connectivity index (χ4v) is 2.21. The average Bonchev–Trinajstić information content (AvgIpc) is 2.27. The van der Waals surface area contributed by atoms with E-state index in [2.05, 4.69) is 31.3 Å². The molecule has 86 valence electrons. The molecule has 1 aliphatic rings. The van der Waals surface area contributed by atoms with Crippen LogP contribution in [0, 0.1) is 6.92 Å². The molecule has 2 rings (SSSR count). The SMILES string of the molecule is CCCCc1cc2c(cc1C)NCCC2=O. The zero-order valence-electron chi connectivity index (χ0n) is 10.1. The number of fused-ring (bicyclic) bond motifs is 1. The van der Waals surface area contributed by atoms with E-state index in [0.29, 0.717) is 6.42 Å². The summed E-state index contributed by atoms with van der Waals surface area (Å²) in [7, 11) is 0. The first-order chi connectivity index (χ1) is 7.72. The number of carbonyl (C=O) groups is 1. The molecule has 0 unspecified atom stereocenters. The molecule has 0 aliphatic carbocycles. The van der Waals surface area contributed by atoms with Crippen LogP contribution >= 0.6 is 0 Å². The number of Topliss-reactive ketones (excluding diaryl/α,β-unsaturated/α-hetero) is 1. The number of rotatable bonds is 3. The maximum absolute atomic E-state index is 11.8. The van der Waals surface area contributed by atoms with Crippen molar-refractivity contribution in [1.82, 2.24) is 0 Å². The standard InChI is InChI=1S/C14H19NO/c1-3-4-5-11-9-12-13(8-10(11)2)15-7-6-14(12)16/h8-9,15H,3-7H2,1-2H3. The molecule has 0 fully saturated rings. The second-order valence-corrected chi connectivity index (χ2v) is 4.53. The van der Waals surface area contributed by atoms with Gasteiger partial charge in [0.25, 0.3) is 0 Å². The number of hydrogen-bond acceptors (Lipinski definition) is 2. The molecule has 0 bridgehead atoms. The van der Waals surface area contributed by atoms with Gasteiger partial charge in [0.15, 0.2) is 5.78 Å². The van der Waals surface area contributed by atoms with E-state index in [1.807, 2.05) is 0 Å². The minimum atomic E-state index is 0.284. The lowest BCUT2D eigenvalue weighted by atomic mass is 9.94. The maximum atomic E-state index is 11.8. The molecule has 0 saturated carbocycles. The van der Waals surface area contributed by atoms with E-state index in [-0.39, 0.29) is 5.78 Å². The molecule has 0 aromatic heterocycles. The summed E-state index contributed by atoms with van der Waals surface area (Å²) in [4.78, 5) is 11.8. The Morgan fingerprint density at radius 3 is 2.94 bits per heavy atom.